The number of likely N-dealkylation sites (tertiary alicyclic amines) is 1. The minimum atomic E-state index is -5.19. The Balaban J connectivity index is 0.00000101. The molecule has 0 aromatic heterocycles. The van der Waals surface area contributed by atoms with Crippen molar-refractivity contribution in [3.63, 3.8) is 0 Å². The van der Waals surface area contributed by atoms with E-state index < -0.39 is 35.9 Å². The average Bonchev–Trinajstić information content (AvgIpc) is 2.88. The van der Waals surface area contributed by atoms with Crippen LogP contribution >= 0.6 is 11.8 Å². The molecule has 2 amide bonds. The van der Waals surface area contributed by atoms with Crippen LogP contribution in [0.5, 0.6) is 0 Å². The van der Waals surface area contributed by atoms with Crippen LogP contribution in [-0.2, 0) is 25.6 Å². The van der Waals surface area contributed by atoms with Crippen LogP contribution in [0, 0.1) is 0 Å². The summed E-state index contributed by atoms with van der Waals surface area (Å²) >= 11 is 0.883. The van der Waals surface area contributed by atoms with Crippen LogP contribution in [0.4, 0.5) is 26.3 Å². The zero-order valence-corrected chi connectivity index (χ0v) is 22.5. The SMILES string of the molecule is O=C(Cc1ccccc1)N[C@@H](CCCSCC(=O)C(F)(F)F)C(=O)NCC[NH+]1CCCCC1.O=C([O-])C(F)(F)F. The fourth-order valence-electron chi connectivity index (χ4n) is 3.72. The van der Waals surface area contributed by atoms with Crippen molar-refractivity contribution in [1.82, 2.24) is 10.6 Å². The summed E-state index contributed by atoms with van der Waals surface area (Å²) in [7, 11) is 0. The van der Waals surface area contributed by atoms with Crippen molar-refractivity contribution in [2.75, 3.05) is 37.7 Å². The molecule has 3 N–H and O–H groups in total. The van der Waals surface area contributed by atoms with Gasteiger partial charge in [-0.1, -0.05) is 30.3 Å². The summed E-state index contributed by atoms with van der Waals surface area (Å²) in [5, 5.41) is 14.4. The Hall–Kier alpha value is -2.81. The largest absolute Gasteiger partial charge is 0.542 e. The Morgan fingerprint density at radius 1 is 0.950 bits per heavy atom. The first kappa shape index (κ1) is 35.2. The number of hydrogen-bond acceptors (Lipinski definition) is 6. The highest BCUT2D eigenvalue weighted by Gasteiger charge is 2.37. The normalized spacial score (nSPS) is 14.8. The van der Waals surface area contributed by atoms with Crippen molar-refractivity contribution < 1.29 is 55.5 Å². The maximum Gasteiger partial charge on any atom is 0.450 e. The molecule has 1 aromatic carbocycles. The van der Waals surface area contributed by atoms with Gasteiger partial charge in [0.1, 0.15) is 12.0 Å². The summed E-state index contributed by atoms with van der Waals surface area (Å²) in [6.07, 6.45) is -5.56. The number of hydrogen-bond donors (Lipinski definition) is 3. The van der Waals surface area contributed by atoms with E-state index in [1.807, 2.05) is 30.3 Å². The molecular formula is C25H33F6N3O5S. The minimum Gasteiger partial charge on any atom is -0.542 e. The number of nitrogens with one attached hydrogen (secondary N) is 3. The first-order chi connectivity index (χ1) is 18.7. The molecule has 0 aliphatic carbocycles. The molecule has 1 atom stereocenters. The summed E-state index contributed by atoms with van der Waals surface area (Å²) in [6.45, 7) is 3.53. The number of carbonyl (C=O) groups is 4. The van der Waals surface area contributed by atoms with E-state index >= 15 is 0 Å². The predicted octanol–water partition coefficient (Wildman–Crippen LogP) is 0.842. The van der Waals surface area contributed by atoms with E-state index in [9.17, 15) is 40.7 Å². The van der Waals surface area contributed by atoms with Crippen molar-refractivity contribution >= 4 is 35.3 Å². The molecule has 40 heavy (non-hydrogen) atoms. The van der Waals surface area contributed by atoms with E-state index in [1.54, 1.807) is 0 Å². The molecule has 0 bridgehead atoms. The van der Waals surface area contributed by atoms with Gasteiger partial charge in [0.15, 0.2) is 0 Å². The molecule has 226 valence electrons. The first-order valence-electron chi connectivity index (χ1n) is 12.6. The van der Waals surface area contributed by atoms with Crippen molar-refractivity contribution in [2.45, 2.75) is 56.9 Å². The van der Waals surface area contributed by atoms with Gasteiger partial charge in [0.05, 0.1) is 38.4 Å². The molecule has 1 saturated heterocycles. The van der Waals surface area contributed by atoms with Crippen LogP contribution in [0.1, 0.15) is 37.7 Å². The Bertz CT molecular complexity index is 941. The Labute approximate surface area is 232 Å². The Morgan fingerprint density at radius 3 is 2.10 bits per heavy atom. The van der Waals surface area contributed by atoms with Crippen LogP contribution in [0.2, 0.25) is 0 Å². The van der Waals surface area contributed by atoms with E-state index in [-0.39, 0.29) is 30.4 Å². The second kappa shape index (κ2) is 17.8. The summed E-state index contributed by atoms with van der Waals surface area (Å²) in [5.41, 5.74) is 0.823. The van der Waals surface area contributed by atoms with E-state index in [4.69, 9.17) is 9.90 Å². The fraction of sp³-hybridized carbons (Fsp3) is 0.600. The third kappa shape index (κ3) is 15.7. The molecule has 0 radical (unpaired) electrons. The maximum atomic E-state index is 12.7. The number of Topliss-reactive ketones (excluding diaryl/α,β-unsaturated/α-hetero) is 1. The van der Waals surface area contributed by atoms with Crippen molar-refractivity contribution in [2.24, 2.45) is 0 Å². The third-order valence-electron chi connectivity index (χ3n) is 5.76. The molecule has 1 aliphatic heterocycles. The lowest BCUT2D eigenvalue weighted by Crippen LogP contribution is -3.13. The summed E-state index contributed by atoms with van der Waals surface area (Å²) < 4.78 is 68.5. The maximum absolute atomic E-state index is 12.7. The number of amides is 2. The molecule has 1 fully saturated rings. The number of aliphatic carboxylic acids is 1. The first-order valence-corrected chi connectivity index (χ1v) is 13.8. The monoisotopic (exact) mass is 601 g/mol. The molecular weight excluding hydrogens is 568 g/mol. The van der Waals surface area contributed by atoms with Gasteiger partial charge in [0.2, 0.25) is 17.6 Å². The molecule has 15 heteroatoms. The number of alkyl halides is 6. The summed E-state index contributed by atoms with van der Waals surface area (Å²) in [5.74, 6) is -5.70. The molecule has 1 aromatic rings. The molecule has 8 nitrogen and oxygen atoms in total. The standard InChI is InChI=1S/C23H32F3N3O3S.C2HF3O2/c24-23(25,26)20(30)17-33-15-7-10-19(28-21(31)16-18-8-3-1-4-9-18)22(32)27-11-14-29-12-5-2-6-13-29;3-2(4,5)1(6)7/h1,3-4,8-9,19H,2,5-7,10-17H2,(H,27,32)(H,28,31);(H,6,7)/t19-;/m0./s1. The smallest absolute Gasteiger partial charge is 0.450 e. The molecule has 0 saturated carbocycles. The van der Waals surface area contributed by atoms with E-state index in [0.717, 1.165) is 37.0 Å². The number of benzene rings is 1. The number of rotatable bonds is 13. The predicted molar refractivity (Wildman–Crippen MR) is 133 cm³/mol. The highest BCUT2D eigenvalue weighted by atomic mass is 32.2. The van der Waals surface area contributed by atoms with Gasteiger partial charge in [-0.3, -0.25) is 14.4 Å². The second-order valence-corrected chi connectivity index (χ2v) is 10.1. The van der Waals surface area contributed by atoms with Crippen LogP contribution in [0.3, 0.4) is 0 Å². The lowest BCUT2D eigenvalue weighted by atomic mass is 10.1. The van der Waals surface area contributed by atoms with E-state index in [0.29, 0.717) is 13.0 Å². The van der Waals surface area contributed by atoms with E-state index in [1.165, 1.54) is 24.2 Å². The Morgan fingerprint density at radius 2 is 1.55 bits per heavy atom. The molecule has 0 spiro atoms. The summed E-state index contributed by atoms with van der Waals surface area (Å²) in [6, 6.07) is 8.39. The lowest BCUT2D eigenvalue weighted by Gasteiger charge is -2.24. The van der Waals surface area contributed by atoms with Crippen LogP contribution < -0.4 is 20.6 Å². The number of ketones is 1. The van der Waals surface area contributed by atoms with Gasteiger partial charge in [0, 0.05) is 0 Å². The van der Waals surface area contributed by atoms with Crippen LogP contribution in [0.25, 0.3) is 0 Å². The van der Waals surface area contributed by atoms with E-state index in [2.05, 4.69) is 10.6 Å². The van der Waals surface area contributed by atoms with Crippen LogP contribution in [0.15, 0.2) is 30.3 Å². The highest BCUT2D eigenvalue weighted by Crippen LogP contribution is 2.19. The number of quaternary nitrogens is 1. The number of piperidine rings is 1. The van der Waals surface area contributed by atoms with Gasteiger partial charge >= 0.3 is 12.4 Å². The van der Waals surface area contributed by atoms with Gasteiger partial charge in [-0.05, 0) is 43.4 Å². The van der Waals surface area contributed by atoms with Gasteiger partial charge in [0.25, 0.3) is 0 Å². The van der Waals surface area contributed by atoms with Gasteiger partial charge in [-0.2, -0.15) is 38.1 Å². The number of carboxylic acids is 1. The van der Waals surface area contributed by atoms with Gasteiger partial charge in [-0.15, -0.1) is 0 Å². The quantitative estimate of drug-likeness (QED) is 0.228. The van der Waals surface area contributed by atoms with Crippen molar-refractivity contribution in [3.05, 3.63) is 35.9 Å². The van der Waals surface area contributed by atoms with Crippen molar-refractivity contribution in [3.8, 4) is 0 Å². The minimum absolute atomic E-state index is 0.136. The number of carboxylic acid groups (broad SMARTS) is 1. The highest BCUT2D eigenvalue weighted by molar-refractivity contribution is 7.99. The molecule has 1 aliphatic rings. The van der Waals surface area contributed by atoms with Crippen molar-refractivity contribution in [1.29, 1.82) is 0 Å². The summed E-state index contributed by atoms with van der Waals surface area (Å²) in [4.78, 5) is 46.4. The van der Waals surface area contributed by atoms with Crippen LogP contribution in [-0.4, -0.2) is 79.6 Å². The second-order valence-electron chi connectivity index (χ2n) is 9.04. The zero-order valence-electron chi connectivity index (χ0n) is 21.7. The number of carbonyl (C=O) groups excluding carboxylic acids is 4. The molecule has 1 heterocycles. The lowest BCUT2D eigenvalue weighted by molar-refractivity contribution is -0.903. The van der Waals surface area contributed by atoms with Gasteiger partial charge < -0.3 is 25.4 Å². The molecule has 2 rings (SSSR count). The third-order valence-corrected chi connectivity index (χ3v) is 6.80. The number of thioether (sulfide) groups is 1. The van der Waals surface area contributed by atoms with Gasteiger partial charge in [-0.25, -0.2) is 0 Å². The topological polar surface area (TPSA) is 120 Å². The average molecular weight is 602 g/mol. The fourth-order valence-corrected chi connectivity index (χ4v) is 4.58. The molecule has 0 unspecified atom stereocenters. The zero-order chi connectivity index (χ0) is 30.2. The Kier molecular flexibility index (Phi) is 15.7. The number of halogens is 6.